The second kappa shape index (κ2) is 8.64. The number of hydrogen-bond acceptors (Lipinski definition) is 3. The van der Waals surface area contributed by atoms with Gasteiger partial charge in [0, 0.05) is 19.5 Å². The van der Waals surface area contributed by atoms with Gasteiger partial charge in [-0.1, -0.05) is 26.7 Å². The van der Waals surface area contributed by atoms with Crippen molar-refractivity contribution in [1.82, 2.24) is 10.6 Å². The summed E-state index contributed by atoms with van der Waals surface area (Å²) < 4.78 is 0. The van der Waals surface area contributed by atoms with Crippen LogP contribution < -0.4 is 10.6 Å². The van der Waals surface area contributed by atoms with E-state index in [0.29, 0.717) is 25.3 Å². The van der Waals surface area contributed by atoms with Crippen molar-refractivity contribution >= 4 is 17.8 Å². The lowest BCUT2D eigenvalue weighted by molar-refractivity contribution is -0.149. The zero-order valence-electron chi connectivity index (χ0n) is 12.9. The van der Waals surface area contributed by atoms with Gasteiger partial charge in [0.15, 0.2) is 0 Å². The third kappa shape index (κ3) is 6.14. The smallest absolute Gasteiger partial charge is 0.307 e. The average molecular weight is 298 g/mol. The fourth-order valence-electron chi connectivity index (χ4n) is 2.58. The van der Waals surface area contributed by atoms with Gasteiger partial charge in [-0.05, 0) is 18.8 Å². The number of aliphatic carboxylic acids is 1. The van der Waals surface area contributed by atoms with E-state index in [4.69, 9.17) is 5.11 Å². The van der Waals surface area contributed by atoms with Crippen molar-refractivity contribution in [3.8, 4) is 0 Å². The van der Waals surface area contributed by atoms with E-state index >= 15 is 0 Å². The first-order valence-electron chi connectivity index (χ1n) is 7.69. The number of nitrogens with one attached hydrogen (secondary N) is 2. The van der Waals surface area contributed by atoms with Crippen molar-refractivity contribution in [2.45, 2.75) is 46.0 Å². The van der Waals surface area contributed by atoms with E-state index < -0.39 is 17.8 Å². The first-order chi connectivity index (χ1) is 9.91. The van der Waals surface area contributed by atoms with Gasteiger partial charge in [0.25, 0.3) is 0 Å². The number of carbonyl (C=O) groups is 3. The Hall–Kier alpha value is -1.59. The summed E-state index contributed by atoms with van der Waals surface area (Å²) in [5, 5.41) is 14.6. The molecule has 2 atom stereocenters. The molecule has 6 nitrogen and oxygen atoms in total. The molecule has 0 bridgehead atoms. The van der Waals surface area contributed by atoms with Crippen LogP contribution in [0.25, 0.3) is 0 Å². The minimum absolute atomic E-state index is 0.0950. The number of amides is 2. The molecule has 0 saturated heterocycles. The minimum Gasteiger partial charge on any atom is -0.481 e. The van der Waals surface area contributed by atoms with Gasteiger partial charge >= 0.3 is 5.97 Å². The molecule has 3 N–H and O–H groups in total. The first-order valence-corrected chi connectivity index (χ1v) is 7.69. The fraction of sp³-hybridized carbons (Fsp3) is 0.800. The highest BCUT2D eigenvalue weighted by atomic mass is 16.4. The monoisotopic (exact) mass is 298 g/mol. The van der Waals surface area contributed by atoms with Crippen LogP contribution in [-0.4, -0.2) is 36.0 Å². The summed E-state index contributed by atoms with van der Waals surface area (Å²) in [5.74, 6) is -1.89. The van der Waals surface area contributed by atoms with Crippen molar-refractivity contribution < 1.29 is 19.5 Å². The van der Waals surface area contributed by atoms with Crippen LogP contribution in [0.2, 0.25) is 0 Å². The molecule has 6 heteroatoms. The van der Waals surface area contributed by atoms with E-state index in [9.17, 15) is 14.4 Å². The third-order valence-corrected chi connectivity index (χ3v) is 3.78. The zero-order valence-corrected chi connectivity index (χ0v) is 12.9. The van der Waals surface area contributed by atoms with Gasteiger partial charge in [-0.2, -0.15) is 0 Å². The van der Waals surface area contributed by atoms with E-state index in [-0.39, 0.29) is 24.8 Å². The van der Waals surface area contributed by atoms with Gasteiger partial charge in [0.2, 0.25) is 11.8 Å². The van der Waals surface area contributed by atoms with Gasteiger partial charge in [-0.25, -0.2) is 0 Å². The Balaban J connectivity index is 2.32. The van der Waals surface area contributed by atoms with Gasteiger partial charge in [0.1, 0.15) is 0 Å². The Morgan fingerprint density at radius 2 is 1.71 bits per heavy atom. The maximum Gasteiger partial charge on any atom is 0.307 e. The fourth-order valence-corrected chi connectivity index (χ4v) is 2.58. The van der Waals surface area contributed by atoms with Crippen molar-refractivity contribution in [2.24, 2.45) is 17.8 Å². The van der Waals surface area contributed by atoms with Gasteiger partial charge in [-0.15, -0.1) is 0 Å². The third-order valence-electron chi connectivity index (χ3n) is 3.78. The molecule has 1 rings (SSSR count). The van der Waals surface area contributed by atoms with Crippen LogP contribution in [0, 0.1) is 17.8 Å². The maximum atomic E-state index is 12.1. The van der Waals surface area contributed by atoms with E-state index in [1.54, 1.807) is 0 Å². The highest BCUT2D eigenvalue weighted by Gasteiger charge is 2.35. The van der Waals surface area contributed by atoms with Crippen LogP contribution in [-0.2, 0) is 14.4 Å². The highest BCUT2D eigenvalue weighted by Crippen LogP contribution is 2.30. The Bertz CT molecular complexity index is 382. The second-order valence-corrected chi connectivity index (χ2v) is 6.07. The molecule has 2 unspecified atom stereocenters. The highest BCUT2D eigenvalue weighted by molar-refractivity contribution is 5.85. The SMILES string of the molecule is CC(C)CNC(=O)CCNC(=O)C1CCCCC1C(=O)O. The topological polar surface area (TPSA) is 95.5 Å². The van der Waals surface area contributed by atoms with E-state index in [0.717, 1.165) is 12.8 Å². The molecular formula is C15H26N2O4. The number of hydrogen-bond donors (Lipinski definition) is 3. The molecule has 2 amide bonds. The number of carboxylic acids is 1. The molecule has 21 heavy (non-hydrogen) atoms. The molecule has 1 saturated carbocycles. The summed E-state index contributed by atoms with van der Waals surface area (Å²) in [7, 11) is 0. The summed E-state index contributed by atoms with van der Waals surface area (Å²) in [4.78, 5) is 34.7. The molecule has 120 valence electrons. The summed E-state index contributed by atoms with van der Waals surface area (Å²) in [5.41, 5.74) is 0. The van der Waals surface area contributed by atoms with Crippen molar-refractivity contribution in [2.75, 3.05) is 13.1 Å². The van der Waals surface area contributed by atoms with Gasteiger partial charge in [0.05, 0.1) is 11.8 Å². The van der Waals surface area contributed by atoms with Crippen molar-refractivity contribution in [3.63, 3.8) is 0 Å². The molecule has 0 aromatic carbocycles. The van der Waals surface area contributed by atoms with E-state index in [2.05, 4.69) is 10.6 Å². The minimum atomic E-state index is -0.899. The number of carbonyl (C=O) groups excluding carboxylic acids is 2. The molecule has 0 aromatic rings. The number of rotatable bonds is 7. The van der Waals surface area contributed by atoms with Crippen molar-refractivity contribution in [3.05, 3.63) is 0 Å². The van der Waals surface area contributed by atoms with Crippen LogP contribution in [0.3, 0.4) is 0 Å². The van der Waals surface area contributed by atoms with E-state index in [1.165, 1.54) is 0 Å². The molecule has 1 fully saturated rings. The lowest BCUT2D eigenvalue weighted by Crippen LogP contribution is -2.41. The molecule has 0 radical (unpaired) electrons. The molecule has 0 spiro atoms. The predicted octanol–water partition coefficient (Wildman–Crippen LogP) is 1.16. The molecule has 0 aliphatic heterocycles. The van der Waals surface area contributed by atoms with Gasteiger partial charge < -0.3 is 15.7 Å². The molecule has 0 aromatic heterocycles. The van der Waals surface area contributed by atoms with Gasteiger partial charge in [-0.3, -0.25) is 14.4 Å². The standard InChI is InChI=1S/C15H26N2O4/c1-10(2)9-17-13(18)7-8-16-14(19)11-5-3-4-6-12(11)15(20)21/h10-12H,3-9H2,1-2H3,(H,16,19)(H,17,18)(H,20,21). The average Bonchev–Trinajstić information content (AvgIpc) is 2.44. The molecule has 1 aliphatic carbocycles. The van der Waals surface area contributed by atoms with Crippen molar-refractivity contribution in [1.29, 1.82) is 0 Å². The quantitative estimate of drug-likeness (QED) is 0.657. The maximum absolute atomic E-state index is 12.1. The Labute approximate surface area is 125 Å². The van der Waals surface area contributed by atoms with Crippen LogP contribution in [0.4, 0.5) is 0 Å². The first kappa shape index (κ1) is 17.5. The second-order valence-electron chi connectivity index (χ2n) is 6.07. The number of carboxylic acid groups (broad SMARTS) is 1. The normalized spacial score (nSPS) is 21.9. The van der Waals surface area contributed by atoms with Crippen LogP contribution >= 0.6 is 0 Å². The Morgan fingerprint density at radius 3 is 2.29 bits per heavy atom. The predicted molar refractivity (Wildman–Crippen MR) is 78.6 cm³/mol. The Kier molecular flexibility index (Phi) is 7.19. The molecule has 1 aliphatic rings. The van der Waals surface area contributed by atoms with Crippen LogP contribution in [0.5, 0.6) is 0 Å². The largest absolute Gasteiger partial charge is 0.481 e. The Morgan fingerprint density at radius 1 is 1.10 bits per heavy atom. The summed E-state index contributed by atoms with van der Waals surface area (Å²) in [6, 6.07) is 0. The van der Waals surface area contributed by atoms with Crippen LogP contribution in [0.1, 0.15) is 46.0 Å². The zero-order chi connectivity index (χ0) is 15.8. The molecule has 0 heterocycles. The van der Waals surface area contributed by atoms with Crippen LogP contribution in [0.15, 0.2) is 0 Å². The molecular weight excluding hydrogens is 272 g/mol. The summed E-state index contributed by atoms with van der Waals surface area (Å²) in [6.45, 7) is 4.90. The van der Waals surface area contributed by atoms with E-state index in [1.807, 2.05) is 13.8 Å². The summed E-state index contributed by atoms with van der Waals surface area (Å²) in [6.07, 6.45) is 3.14. The lowest BCUT2D eigenvalue weighted by Gasteiger charge is -2.27. The summed E-state index contributed by atoms with van der Waals surface area (Å²) >= 11 is 0. The lowest BCUT2D eigenvalue weighted by atomic mass is 9.78.